The Bertz CT molecular complexity index is 421. The molecule has 0 saturated carbocycles. The molecule has 1 unspecified atom stereocenters. The number of hydrogen-bond donors (Lipinski definition) is 1. The summed E-state index contributed by atoms with van der Waals surface area (Å²) in [6, 6.07) is 5.71. The number of rotatable bonds is 5. The highest BCUT2D eigenvalue weighted by Crippen LogP contribution is 2.09. The first kappa shape index (κ1) is 13.8. The second-order valence-electron chi connectivity index (χ2n) is 3.98. The van der Waals surface area contributed by atoms with Gasteiger partial charge in [0, 0.05) is 23.1 Å². The van der Waals surface area contributed by atoms with Crippen molar-refractivity contribution in [3.8, 4) is 0 Å². The second-order valence-corrected chi connectivity index (χ2v) is 5.55. The molecule has 5 heteroatoms. The normalized spacial score (nSPS) is 12.5. The highest BCUT2D eigenvalue weighted by Gasteiger charge is 2.09. The first-order valence-corrected chi connectivity index (χ1v) is 6.74. The first-order chi connectivity index (χ1) is 7.99. The van der Waals surface area contributed by atoms with E-state index in [9.17, 15) is 13.4 Å². The van der Waals surface area contributed by atoms with E-state index in [1.54, 1.807) is 6.07 Å². The number of carbonyl (C=O) groups excluding carboxylic acids is 1. The van der Waals surface area contributed by atoms with Gasteiger partial charge in [-0.2, -0.15) is 0 Å². The number of benzene rings is 1. The van der Waals surface area contributed by atoms with Crippen molar-refractivity contribution < 1.29 is 13.4 Å². The van der Waals surface area contributed by atoms with Crippen LogP contribution in [0.3, 0.4) is 0 Å². The molecule has 1 aromatic carbocycles. The Labute approximate surface area is 103 Å². The molecule has 17 heavy (non-hydrogen) atoms. The average molecular weight is 257 g/mol. The van der Waals surface area contributed by atoms with Gasteiger partial charge in [-0.3, -0.25) is 9.00 Å². The molecule has 1 amide bonds. The number of carbonyl (C=O) groups is 1. The second kappa shape index (κ2) is 6.49. The van der Waals surface area contributed by atoms with E-state index in [0.717, 1.165) is 0 Å². The summed E-state index contributed by atoms with van der Waals surface area (Å²) in [7, 11) is -1.33. The van der Waals surface area contributed by atoms with E-state index >= 15 is 0 Å². The SMILES string of the molecule is CC(C)NC(=O)CCS(=O)c1cccc(F)c1. The Balaban J connectivity index is 2.48. The summed E-state index contributed by atoms with van der Waals surface area (Å²) < 4.78 is 24.6. The zero-order valence-corrected chi connectivity index (χ0v) is 10.7. The number of halogens is 1. The van der Waals surface area contributed by atoms with Crippen LogP contribution in [0.25, 0.3) is 0 Å². The van der Waals surface area contributed by atoms with Gasteiger partial charge >= 0.3 is 0 Å². The van der Waals surface area contributed by atoms with Gasteiger partial charge in [0.05, 0.1) is 10.8 Å². The molecule has 0 spiro atoms. The number of amides is 1. The summed E-state index contributed by atoms with van der Waals surface area (Å²) in [4.78, 5) is 11.8. The molecule has 0 aromatic heterocycles. The molecule has 0 radical (unpaired) electrons. The summed E-state index contributed by atoms with van der Waals surface area (Å²) in [6.07, 6.45) is 0.182. The molecule has 1 aromatic rings. The molecular weight excluding hydrogens is 241 g/mol. The van der Waals surface area contributed by atoms with Crippen molar-refractivity contribution in [1.29, 1.82) is 0 Å². The molecule has 94 valence electrons. The highest BCUT2D eigenvalue weighted by molar-refractivity contribution is 7.85. The molecular formula is C12H16FNO2S. The first-order valence-electron chi connectivity index (χ1n) is 5.42. The van der Waals surface area contributed by atoms with Crippen LogP contribution in [0.4, 0.5) is 4.39 Å². The van der Waals surface area contributed by atoms with Crippen LogP contribution in [0.5, 0.6) is 0 Å². The lowest BCUT2D eigenvalue weighted by atomic mass is 10.3. The van der Waals surface area contributed by atoms with Gasteiger partial charge in [-0.15, -0.1) is 0 Å². The Morgan fingerprint density at radius 1 is 1.47 bits per heavy atom. The lowest BCUT2D eigenvalue weighted by molar-refractivity contribution is -0.121. The van der Waals surface area contributed by atoms with Crippen LogP contribution in [0.15, 0.2) is 29.2 Å². The fraction of sp³-hybridized carbons (Fsp3) is 0.417. The van der Waals surface area contributed by atoms with Gasteiger partial charge in [-0.05, 0) is 32.0 Å². The van der Waals surface area contributed by atoms with Crippen LogP contribution >= 0.6 is 0 Å². The summed E-state index contributed by atoms with van der Waals surface area (Å²) in [5, 5.41) is 2.71. The van der Waals surface area contributed by atoms with Gasteiger partial charge in [0.2, 0.25) is 5.91 Å². The van der Waals surface area contributed by atoms with Crippen molar-refractivity contribution in [2.45, 2.75) is 31.2 Å². The summed E-state index contributed by atoms with van der Waals surface area (Å²) in [6.45, 7) is 3.73. The van der Waals surface area contributed by atoms with E-state index < -0.39 is 16.6 Å². The number of nitrogens with one attached hydrogen (secondary N) is 1. The topological polar surface area (TPSA) is 46.2 Å². The fourth-order valence-electron chi connectivity index (χ4n) is 1.31. The summed E-state index contributed by atoms with van der Waals surface area (Å²) in [5.74, 6) is -0.339. The molecule has 1 rings (SSSR count). The van der Waals surface area contributed by atoms with Crippen LogP contribution < -0.4 is 5.32 Å². The van der Waals surface area contributed by atoms with Gasteiger partial charge in [0.1, 0.15) is 5.82 Å². The van der Waals surface area contributed by atoms with E-state index in [4.69, 9.17) is 0 Å². The maximum absolute atomic E-state index is 12.9. The largest absolute Gasteiger partial charge is 0.354 e. The Hall–Kier alpha value is -1.23. The maximum Gasteiger partial charge on any atom is 0.221 e. The lowest BCUT2D eigenvalue weighted by Gasteiger charge is -2.07. The third-order valence-corrected chi connectivity index (χ3v) is 3.38. The van der Waals surface area contributed by atoms with Crippen molar-refractivity contribution in [1.82, 2.24) is 5.32 Å². The van der Waals surface area contributed by atoms with Gasteiger partial charge in [-0.25, -0.2) is 4.39 Å². The van der Waals surface area contributed by atoms with Crippen molar-refractivity contribution in [2.75, 3.05) is 5.75 Å². The van der Waals surface area contributed by atoms with Crippen LogP contribution in [-0.4, -0.2) is 21.9 Å². The average Bonchev–Trinajstić information content (AvgIpc) is 2.25. The smallest absolute Gasteiger partial charge is 0.221 e. The van der Waals surface area contributed by atoms with Gasteiger partial charge in [-0.1, -0.05) is 6.07 Å². The minimum atomic E-state index is -1.33. The van der Waals surface area contributed by atoms with E-state index in [-0.39, 0.29) is 24.1 Å². The van der Waals surface area contributed by atoms with Crippen molar-refractivity contribution in [3.63, 3.8) is 0 Å². The molecule has 0 aliphatic heterocycles. The van der Waals surface area contributed by atoms with Gasteiger partial charge in [0.25, 0.3) is 0 Å². The van der Waals surface area contributed by atoms with Crippen molar-refractivity contribution >= 4 is 16.7 Å². The zero-order valence-electron chi connectivity index (χ0n) is 9.90. The Morgan fingerprint density at radius 2 is 2.18 bits per heavy atom. The molecule has 1 atom stereocenters. The van der Waals surface area contributed by atoms with Crippen LogP contribution in [0.1, 0.15) is 20.3 Å². The van der Waals surface area contributed by atoms with E-state index in [0.29, 0.717) is 4.90 Å². The number of hydrogen-bond acceptors (Lipinski definition) is 2. The lowest BCUT2D eigenvalue weighted by Crippen LogP contribution is -2.30. The molecule has 0 heterocycles. The molecule has 0 aliphatic carbocycles. The molecule has 0 saturated heterocycles. The van der Waals surface area contributed by atoms with Crippen LogP contribution in [0.2, 0.25) is 0 Å². The van der Waals surface area contributed by atoms with Crippen molar-refractivity contribution in [2.24, 2.45) is 0 Å². The predicted molar refractivity (Wildman–Crippen MR) is 65.6 cm³/mol. The Morgan fingerprint density at radius 3 is 2.76 bits per heavy atom. The van der Waals surface area contributed by atoms with Crippen LogP contribution in [0, 0.1) is 5.82 Å². The van der Waals surface area contributed by atoms with E-state index in [1.807, 2.05) is 13.8 Å². The zero-order chi connectivity index (χ0) is 12.8. The summed E-state index contributed by atoms with van der Waals surface area (Å²) >= 11 is 0. The minimum absolute atomic E-state index is 0.0742. The molecule has 0 bridgehead atoms. The minimum Gasteiger partial charge on any atom is -0.354 e. The quantitative estimate of drug-likeness (QED) is 0.875. The molecule has 3 nitrogen and oxygen atoms in total. The third-order valence-electron chi connectivity index (χ3n) is 2.02. The molecule has 0 fully saturated rings. The van der Waals surface area contributed by atoms with Gasteiger partial charge < -0.3 is 5.32 Å². The Kier molecular flexibility index (Phi) is 5.28. The van der Waals surface area contributed by atoms with Crippen molar-refractivity contribution in [3.05, 3.63) is 30.1 Å². The van der Waals surface area contributed by atoms with E-state index in [1.165, 1.54) is 18.2 Å². The third kappa shape index (κ3) is 5.08. The molecule has 1 N–H and O–H groups in total. The van der Waals surface area contributed by atoms with E-state index in [2.05, 4.69) is 5.32 Å². The highest BCUT2D eigenvalue weighted by atomic mass is 32.2. The predicted octanol–water partition coefficient (Wildman–Crippen LogP) is 1.85. The standard InChI is InChI=1S/C12H16FNO2S/c1-9(2)14-12(15)6-7-17(16)11-5-3-4-10(13)8-11/h3-5,8-9H,6-7H2,1-2H3,(H,14,15). The summed E-state index contributed by atoms with van der Waals surface area (Å²) in [5.41, 5.74) is 0. The monoisotopic (exact) mass is 257 g/mol. The van der Waals surface area contributed by atoms with Crippen LogP contribution in [-0.2, 0) is 15.6 Å². The maximum atomic E-state index is 12.9. The molecule has 0 aliphatic rings. The van der Waals surface area contributed by atoms with Gasteiger partial charge in [0.15, 0.2) is 0 Å². The fourth-order valence-corrected chi connectivity index (χ4v) is 2.39.